The molecule has 1 aromatic heterocycles. The van der Waals surface area contributed by atoms with Gasteiger partial charge in [-0.15, -0.1) is 0 Å². The summed E-state index contributed by atoms with van der Waals surface area (Å²) in [5.74, 6) is -0.495. The molecule has 3 aromatic carbocycles. The van der Waals surface area contributed by atoms with Gasteiger partial charge in [0, 0.05) is 10.8 Å². The molecular formula is C26H23F3N2O2. The predicted octanol–water partition coefficient (Wildman–Crippen LogP) is 5.69. The Labute approximate surface area is 188 Å². The molecule has 1 heterocycles. The number of hydrogen-bond acceptors (Lipinski definition) is 2. The Morgan fingerprint density at radius 3 is 2.03 bits per heavy atom. The summed E-state index contributed by atoms with van der Waals surface area (Å²) in [6, 6.07) is 18.6. The Hall–Kier alpha value is -3.61. The third-order valence-corrected chi connectivity index (χ3v) is 5.74. The SMILES string of the molecule is CC(C)C(NC(=O)Cn1c2ccccc2c(=O)c2ccccc21)c1cccc(C(F)(F)F)c1. The summed E-state index contributed by atoms with van der Waals surface area (Å²) in [7, 11) is 0. The number of fused-ring (bicyclic) bond motifs is 2. The number of nitrogens with zero attached hydrogens (tertiary/aromatic N) is 1. The monoisotopic (exact) mass is 452 g/mol. The van der Waals surface area contributed by atoms with Crippen LogP contribution in [0.15, 0.2) is 77.6 Å². The number of para-hydroxylation sites is 2. The summed E-state index contributed by atoms with van der Waals surface area (Å²) >= 11 is 0. The van der Waals surface area contributed by atoms with E-state index in [2.05, 4.69) is 5.32 Å². The number of pyridine rings is 1. The van der Waals surface area contributed by atoms with Crippen molar-refractivity contribution in [3.05, 3.63) is 94.1 Å². The van der Waals surface area contributed by atoms with Crippen molar-refractivity contribution in [2.75, 3.05) is 0 Å². The highest BCUT2D eigenvalue weighted by Gasteiger charge is 2.31. The maximum Gasteiger partial charge on any atom is 0.416 e. The maximum atomic E-state index is 13.2. The number of aromatic nitrogens is 1. The summed E-state index contributed by atoms with van der Waals surface area (Å²) in [5, 5.41) is 3.90. The number of carbonyl (C=O) groups is 1. The second-order valence-electron chi connectivity index (χ2n) is 8.36. The molecule has 33 heavy (non-hydrogen) atoms. The highest BCUT2D eigenvalue weighted by Crippen LogP contribution is 2.32. The van der Waals surface area contributed by atoms with Crippen molar-refractivity contribution in [2.24, 2.45) is 5.92 Å². The van der Waals surface area contributed by atoms with Crippen molar-refractivity contribution in [3.8, 4) is 0 Å². The molecule has 7 heteroatoms. The molecule has 1 N–H and O–H groups in total. The van der Waals surface area contributed by atoms with E-state index < -0.39 is 17.8 Å². The fourth-order valence-electron chi connectivity index (χ4n) is 4.15. The van der Waals surface area contributed by atoms with Crippen LogP contribution in [-0.2, 0) is 17.5 Å². The summed E-state index contributed by atoms with van der Waals surface area (Å²) in [6.07, 6.45) is -4.46. The second kappa shape index (κ2) is 8.73. The van der Waals surface area contributed by atoms with Crippen LogP contribution in [0.2, 0.25) is 0 Å². The molecule has 0 fully saturated rings. The van der Waals surface area contributed by atoms with Gasteiger partial charge in [0.15, 0.2) is 5.43 Å². The lowest BCUT2D eigenvalue weighted by Gasteiger charge is -2.24. The van der Waals surface area contributed by atoms with Gasteiger partial charge in [0.25, 0.3) is 0 Å². The van der Waals surface area contributed by atoms with E-state index in [0.29, 0.717) is 27.4 Å². The minimum atomic E-state index is -4.46. The smallest absolute Gasteiger partial charge is 0.347 e. The molecule has 4 rings (SSSR count). The van der Waals surface area contributed by atoms with Gasteiger partial charge >= 0.3 is 6.18 Å². The van der Waals surface area contributed by atoms with Crippen molar-refractivity contribution in [2.45, 2.75) is 32.6 Å². The molecule has 0 radical (unpaired) electrons. The van der Waals surface area contributed by atoms with Gasteiger partial charge < -0.3 is 9.88 Å². The van der Waals surface area contributed by atoms with Crippen LogP contribution in [-0.4, -0.2) is 10.5 Å². The van der Waals surface area contributed by atoms with E-state index >= 15 is 0 Å². The Morgan fingerprint density at radius 1 is 0.909 bits per heavy atom. The standard InChI is InChI=1S/C26H23F3N2O2/c1-16(2)24(17-8-7-9-18(14-17)26(27,28)29)30-23(32)15-31-21-12-5-3-10-19(21)25(33)20-11-4-6-13-22(20)31/h3-14,16,24H,15H2,1-2H3,(H,30,32). The number of carbonyl (C=O) groups excluding carboxylic acids is 1. The number of nitrogens with one attached hydrogen (secondary N) is 1. The molecule has 0 aliphatic rings. The van der Waals surface area contributed by atoms with Crippen molar-refractivity contribution in [1.82, 2.24) is 9.88 Å². The van der Waals surface area contributed by atoms with Gasteiger partial charge in [-0.2, -0.15) is 13.2 Å². The largest absolute Gasteiger partial charge is 0.416 e. The fourth-order valence-corrected chi connectivity index (χ4v) is 4.15. The van der Waals surface area contributed by atoms with E-state index in [4.69, 9.17) is 0 Å². The van der Waals surface area contributed by atoms with Gasteiger partial charge in [0.05, 0.1) is 22.6 Å². The van der Waals surface area contributed by atoms with Gasteiger partial charge in [-0.3, -0.25) is 9.59 Å². The van der Waals surface area contributed by atoms with Crippen molar-refractivity contribution < 1.29 is 18.0 Å². The summed E-state index contributed by atoms with van der Waals surface area (Å²) < 4.78 is 41.4. The zero-order valence-electron chi connectivity index (χ0n) is 18.2. The topological polar surface area (TPSA) is 51.1 Å². The second-order valence-corrected chi connectivity index (χ2v) is 8.36. The zero-order valence-corrected chi connectivity index (χ0v) is 18.2. The quantitative estimate of drug-likeness (QED) is 0.396. The van der Waals surface area contributed by atoms with Gasteiger partial charge in [-0.25, -0.2) is 0 Å². The van der Waals surface area contributed by atoms with Crippen molar-refractivity contribution in [3.63, 3.8) is 0 Å². The van der Waals surface area contributed by atoms with Gasteiger partial charge in [-0.1, -0.05) is 50.2 Å². The third kappa shape index (κ3) is 4.49. The van der Waals surface area contributed by atoms with Crippen LogP contribution in [0.25, 0.3) is 21.8 Å². The molecular weight excluding hydrogens is 429 g/mol. The predicted molar refractivity (Wildman–Crippen MR) is 123 cm³/mol. The molecule has 0 saturated carbocycles. The average Bonchev–Trinajstić information content (AvgIpc) is 2.79. The first kappa shape index (κ1) is 22.6. The van der Waals surface area contributed by atoms with E-state index in [9.17, 15) is 22.8 Å². The number of rotatable bonds is 5. The number of hydrogen-bond donors (Lipinski definition) is 1. The average molecular weight is 452 g/mol. The maximum absolute atomic E-state index is 13.2. The molecule has 0 spiro atoms. The normalized spacial score (nSPS) is 12.9. The zero-order chi connectivity index (χ0) is 23.8. The molecule has 4 aromatic rings. The molecule has 1 unspecified atom stereocenters. The number of amides is 1. The molecule has 0 saturated heterocycles. The summed E-state index contributed by atoms with van der Waals surface area (Å²) in [4.78, 5) is 26.0. The first-order valence-corrected chi connectivity index (χ1v) is 10.6. The van der Waals surface area contributed by atoms with E-state index in [1.54, 1.807) is 59.2 Å². The Balaban J connectivity index is 1.71. The van der Waals surface area contributed by atoms with E-state index in [0.717, 1.165) is 12.1 Å². The Morgan fingerprint density at radius 2 is 1.48 bits per heavy atom. The molecule has 170 valence electrons. The van der Waals surface area contributed by atoms with Crippen LogP contribution in [0.3, 0.4) is 0 Å². The molecule has 1 atom stereocenters. The van der Waals surface area contributed by atoms with Crippen molar-refractivity contribution in [1.29, 1.82) is 0 Å². The summed E-state index contributed by atoms with van der Waals surface area (Å²) in [5.41, 5.74) is 0.773. The van der Waals surface area contributed by atoms with Crippen LogP contribution < -0.4 is 10.7 Å². The first-order chi connectivity index (χ1) is 15.7. The number of alkyl halides is 3. The van der Waals surface area contributed by atoms with Gasteiger partial charge in [0.1, 0.15) is 6.54 Å². The van der Waals surface area contributed by atoms with Crippen LogP contribution in [0.1, 0.15) is 31.0 Å². The van der Waals surface area contributed by atoms with E-state index in [1.807, 2.05) is 13.8 Å². The Bertz CT molecular complexity index is 1330. The van der Waals surface area contributed by atoms with Crippen LogP contribution in [0.5, 0.6) is 0 Å². The van der Waals surface area contributed by atoms with Gasteiger partial charge in [0.2, 0.25) is 5.91 Å². The molecule has 4 nitrogen and oxygen atoms in total. The highest BCUT2D eigenvalue weighted by atomic mass is 19.4. The number of benzene rings is 3. The molecule has 0 aliphatic heterocycles. The van der Waals surface area contributed by atoms with E-state index in [-0.39, 0.29) is 23.8 Å². The lowest BCUT2D eigenvalue weighted by atomic mass is 9.94. The molecule has 1 amide bonds. The van der Waals surface area contributed by atoms with Crippen molar-refractivity contribution >= 4 is 27.7 Å². The fraction of sp³-hybridized carbons (Fsp3) is 0.231. The third-order valence-electron chi connectivity index (χ3n) is 5.74. The van der Waals surface area contributed by atoms with Crippen LogP contribution >= 0.6 is 0 Å². The molecule has 0 aliphatic carbocycles. The van der Waals surface area contributed by atoms with Crippen LogP contribution in [0.4, 0.5) is 13.2 Å². The first-order valence-electron chi connectivity index (χ1n) is 10.6. The van der Waals surface area contributed by atoms with Gasteiger partial charge in [-0.05, 0) is 47.9 Å². The molecule has 0 bridgehead atoms. The lowest BCUT2D eigenvalue weighted by molar-refractivity contribution is -0.137. The summed E-state index contributed by atoms with van der Waals surface area (Å²) in [6.45, 7) is 3.61. The van der Waals surface area contributed by atoms with Crippen LogP contribution in [0, 0.1) is 5.92 Å². The minimum Gasteiger partial charge on any atom is -0.347 e. The lowest BCUT2D eigenvalue weighted by Crippen LogP contribution is -2.34. The Kier molecular flexibility index (Phi) is 5.97. The van der Waals surface area contributed by atoms with E-state index in [1.165, 1.54) is 6.07 Å². The minimum absolute atomic E-state index is 0.0799. The number of halogens is 3. The highest BCUT2D eigenvalue weighted by molar-refractivity contribution is 5.94.